The lowest BCUT2D eigenvalue weighted by molar-refractivity contribution is 0.0383. The fourth-order valence-electron chi connectivity index (χ4n) is 5.05. The Bertz CT molecular complexity index is 1500. The highest BCUT2D eigenvalue weighted by molar-refractivity contribution is 5.59. The average Bonchev–Trinajstić information content (AvgIpc) is 2.96. The number of nitrogens with one attached hydrogen (secondary N) is 2. The van der Waals surface area contributed by atoms with Crippen LogP contribution in [0.5, 0.6) is 17.5 Å². The molecule has 2 N–H and O–H groups in total. The Hall–Kier alpha value is -4.37. The number of pyridine rings is 1. The number of fused-ring (bicyclic) bond motifs is 2. The Kier molecular flexibility index (Phi) is 6.43. The lowest BCUT2D eigenvalue weighted by Crippen LogP contribution is -2.41. The van der Waals surface area contributed by atoms with Crippen LogP contribution in [-0.4, -0.2) is 41.8 Å². The van der Waals surface area contributed by atoms with Crippen LogP contribution in [0.1, 0.15) is 41.3 Å². The number of rotatable bonds is 6. The number of anilines is 2. The first-order valence-corrected chi connectivity index (χ1v) is 12.7. The Morgan fingerprint density at radius 2 is 2.00 bits per heavy atom. The lowest BCUT2D eigenvalue weighted by atomic mass is 9.95. The summed E-state index contributed by atoms with van der Waals surface area (Å²) in [5.41, 5.74) is 5.75. The first kappa shape index (κ1) is 24.0. The SMILES string of the molecule is COc1ncc(C(C)Nc2ccc3c(c2)Cc2cccc(C4CN(c5ccc[nH]c5=O)CCO4)c2O3)cn1. The summed E-state index contributed by atoms with van der Waals surface area (Å²) in [5.74, 6) is 1.68. The van der Waals surface area contributed by atoms with E-state index in [4.69, 9.17) is 14.2 Å². The van der Waals surface area contributed by atoms with Crippen LogP contribution < -0.4 is 25.2 Å². The summed E-state index contributed by atoms with van der Waals surface area (Å²) in [6.45, 7) is 3.85. The zero-order valence-corrected chi connectivity index (χ0v) is 21.3. The van der Waals surface area contributed by atoms with E-state index in [1.54, 1.807) is 25.7 Å². The Labute approximate surface area is 220 Å². The number of aromatic amines is 1. The van der Waals surface area contributed by atoms with Gasteiger partial charge in [-0.1, -0.05) is 18.2 Å². The maximum atomic E-state index is 12.4. The number of methoxy groups -OCH3 is 1. The van der Waals surface area contributed by atoms with Crippen molar-refractivity contribution < 1.29 is 14.2 Å². The predicted molar refractivity (Wildman–Crippen MR) is 144 cm³/mol. The molecule has 0 aliphatic carbocycles. The van der Waals surface area contributed by atoms with Gasteiger partial charge in [0.2, 0.25) is 0 Å². The third kappa shape index (κ3) is 4.68. The highest BCUT2D eigenvalue weighted by Crippen LogP contribution is 2.43. The van der Waals surface area contributed by atoms with Gasteiger partial charge in [0.25, 0.3) is 5.56 Å². The predicted octanol–water partition coefficient (Wildman–Crippen LogP) is 4.62. The van der Waals surface area contributed by atoms with Crippen LogP contribution >= 0.6 is 0 Å². The fraction of sp³-hybridized carbons (Fsp3) is 0.276. The Morgan fingerprint density at radius 1 is 1.13 bits per heavy atom. The Morgan fingerprint density at radius 3 is 2.82 bits per heavy atom. The molecular weight excluding hydrogens is 482 g/mol. The second-order valence-electron chi connectivity index (χ2n) is 9.50. The standard InChI is InChI=1S/C29H29N5O4/c1-18(21-15-31-29(36-2)32-16-21)33-22-8-9-25-20(14-22)13-19-5-3-6-23(27(19)38-25)26-17-34(11-12-37-26)24-7-4-10-30-28(24)35/h3-10,14-16,18,26,33H,11-13,17H2,1-2H3,(H,30,35). The third-order valence-electron chi connectivity index (χ3n) is 7.05. The fourth-order valence-corrected chi connectivity index (χ4v) is 5.05. The molecule has 1 fully saturated rings. The van der Waals surface area contributed by atoms with Gasteiger partial charge >= 0.3 is 6.01 Å². The van der Waals surface area contributed by atoms with Crippen LogP contribution in [0, 0.1) is 0 Å². The minimum Gasteiger partial charge on any atom is -0.467 e. The van der Waals surface area contributed by atoms with Crippen molar-refractivity contribution in [2.75, 3.05) is 37.0 Å². The van der Waals surface area contributed by atoms with Gasteiger partial charge in [0.15, 0.2) is 0 Å². The summed E-state index contributed by atoms with van der Waals surface area (Å²) in [7, 11) is 1.55. The first-order chi connectivity index (χ1) is 18.6. The smallest absolute Gasteiger partial charge is 0.316 e. The van der Waals surface area contributed by atoms with Gasteiger partial charge in [0.05, 0.1) is 19.8 Å². The first-order valence-electron chi connectivity index (χ1n) is 12.7. The van der Waals surface area contributed by atoms with Gasteiger partial charge in [-0.25, -0.2) is 9.97 Å². The molecule has 4 heterocycles. The molecule has 2 aliphatic rings. The number of H-pyrrole nitrogens is 1. The normalized spacial score (nSPS) is 17.1. The zero-order chi connectivity index (χ0) is 26.1. The molecule has 9 nitrogen and oxygen atoms in total. The summed E-state index contributed by atoms with van der Waals surface area (Å²) >= 11 is 0. The quantitative estimate of drug-likeness (QED) is 0.341. The molecule has 194 valence electrons. The van der Waals surface area contributed by atoms with Gasteiger partial charge in [-0.2, -0.15) is 0 Å². The van der Waals surface area contributed by atoms with E-state index in [0.717, 1.165) is 45.9 Å². The highest BCUT2D eigenvalue weighted by Gasteiger charge is 2.29. The average molecular weight is 512 g/mol. The van der Waals surface area contributed by atoms with E-state index in [0.29, 0.717) is 31.4 Å². The van der Waals surface area contributed by atoms with Gasteiger partial charge in [-0.3, -0.25) is 4.79 Å². The second kappa shape index (κ2) is 10.2. The summed E-state index contributed by atoms with van der Waals surface area (Å²) in [4.78, 5) is 25.6. The second-order valence-corrected chi connectivity index (χ2v) is 9.50. The number of nitrogens with zero attached hydrogens (tertiary/aromatic N) is 3. The highest BCUT2D eigenvalue weighted by atomic mass is 16.5. The summed E-state index contributed by atoms with van der Waals surface area (Å²) < 4.78 is 17.7. The van der Waals surface area contributed by atoms with Crippen molar-refractivity contribution in [3.63, 3.8) is 0 Å². The topological polar surface area (TPSA) is 102 Å². The van der Waals surface area contributed by atoms with E-state index >= 15 is 0 Å². The molecule has 0 spiro atoms. The number of para-hydroxylation sites is 1. The molecule has 6 rings (SSSR count). The van der Waals surface area contributed by atoms with Crippen molar-refractivity contribution in [2.45, 2.75) is 25.5 Å². The van der Waals surface area contributed by atoms with Crippen molar-refractivity contribution in [1.29, 1.82) is 0 Å². The molecule has 1 saturated heterocycles. The molecular formula is C29H29N5O4. The Balaban J connectivity index is 1.20. The van der Waals surface area contributed by atoms with Gasteiger partial charge in [-0.05, 0) is 42.8 Å². The molecule has 38 heavy (non-hydrogen) atoms. The molecule has 0 radical (unpaired) electrons. The van der Waals surface area contributed by atoms with Crippen LogP contribution in [-0.2, 0) is 11.2 Å². The third-order valence-corrected chi connectivity index (χ3v) is 7.05. The molecule has 2 aliphatic heterocycles. The molecule has 0 bridgehead atoms. The lowest BCUT2D eigenvalue weighted by Gasteiger charge is -2.35. The summed E-state index contributed by atoms with van der Waals surface area (Å²) in [6.07, 6.45) is 5.74. The van der Waals surface area contributed by atoms with E-state index in [1.165, 1.54) is 0 Å². The molecule has 0 amide bonds. The summed E-state index contributed by atoms with van der Waals surface area (Å²) in [6, 6.07) is 16.4. The van der Waals surface area contributed by atoms with E-state index in [2.05, 4.69) is 50.3 Å². The monoisotopic (exact) mass is 511 g/mol. The number of hydrogen-bond acceptors (Lipinski definition) is 8. The van der Waals surface area contributed by atoms with Gasteiger partial charge in [0.1, 0.15) is 23.3 Å². The van der Waals surface area contributed by atoms with Crippen LogP contribution in [0.3, 0.4) is 0 Å². The molecule has 2 aromatic carbocycles. The van der Waals surface area contributed by atoms with E-state index < -0.39 is 0 Å². The van der Waals surface area contributed by atoms with Gasteiger partial charge in [-0.15, -0.1) is 0 Å². The largest absolute Gasteiger partial charge is 0.467 e. The number of ether oxygens (including phenoxy) is 3. The molecule has 2 unspecified atom stereocenters. The van der Waals surface area contributed by atoms with Crippen molar-refractivity contribution in [1.82, 2.24) is 15.0 Å². The van der Waals surface area contributed by atoms with Crippen LogP contribution in [0.15, 0.2) is 71.9 Å². The maximum absolute atomic E-state index is 12.4. The molecule has 0 saturated carbocycles. The van der Waals surface area contributed by atoms with Crippen LogP contribution in [0.25, 0.3) is 0 Å². The van der Waals surface area contributed by atoms with E-state index in [1.807, 2.05) is 30.3 Å². The molecule has 2 aromatic heterocycles. The minimum atomic E-state index is -0.201. The number of morpholine rings is 1. The van der Waals surface area contributed by atoms with Crippen LogP contribution in [0.4, 0.5) is 11.4 Å². The van der Waals surface area contributed by atoms with Crippen molar-refractivity contribution in [3.05, 3.63) is 99.7 Å². The van der Waals surface area contributed by atoms with Crippen molar-refractivity contribution >= 4 is 11.4 Å². The maximum Gasteiger partial charge on any atom is 0.316 e. The molecule has 2 atom stereocenters. The minimum absolute atomic E-state index is 0.0191. The summed E-state index contributed by atoms with van der Waals surface area (Å²) in [5, 5.41) is 3.53. The van der Waals surface area contributed by atoms with Crippen molar-refractivity contribution in [3.8, 4) is 17.5 Å². The van der Waals surface area contributed by atoms with Gasteiger partial charge < -0.3 is 29.4 Å². The number of benzene rings is 2. The molecule has 9 heteroatoms. The van der Waals surface area contributed by atoms with Crippen LogP contribution in [0.2, 0.25) is 0 Å². The van der Waals surface area contributed by atoms with E-state index in [9.17, 15) is 4.79 Å². The number of hydrogen-bond donors (Lipinski definition) is 2. The van der Waals surface area contributed by atoms with Gasteiger partial charge in [0, 0.05) is 60.5 Å². The molecule has 4 aromatic rings. The number of aromatic nitrogens is 3. The van der Waals surface area contributed by atoms with Crippen molar-refractivity contribution in [2.24, 2.45) is 0 Å². The van der Waals surface area contributed by atoms with E-state index in [-0.39, 0.29) is 17.7 Å². The zero-order valence-electron chi connectivity index (χ0n) is 21.3.